The van der Waals surface area contributed by atoms with Crippen LogP contribution in [0.2, 0.25) is 0 Å². The molecule has 7 rings (SSSR count). The first kappa shape index (κ1) is 29.8. The normalized spacial score (nSPS) is 20.0. The molecular formula is C31H37F3N6O2. The third-order valence-electron chi connectivity index (χ3n) is 7.84. The van der Waals surface area contributed by atoms with E-state index in [0.717, 1.165) is 30.9 Å². The molecule has 5 heterocycles. The fourth-order valence-electron chi connectivity index (χ4n) is 6.09. The molecule has 2 atom stereocenters. The van der Waals surface area contributed by atoms with Crippen molar-refractivity contribution in [1.29, 1.82) is 0 Å². The summed E-state index contributed by atoms with van der Waals surface area (Å²) in [6.07, 6.45) is 3.55. The lowest BCUT2D eigenvalue weighted by Gasteiger charge is -2.34. The van der Waals surface area contributed by atoms with E-state index >= 15 is 4.39 Å². The van der Waals surface area contributed by atoms with Crippen LogP contribution in [-0.4, -0.2) is 77.4 Å². The number of hydrogen-bond donors (Lipinski definition) is 2. The number of ether oxygens (including phenoxy) is 1. The molecule has 0 spiro atoms. The van der Waals surface area contributed by atoms with Crippen molar-refractivity contribution < 1.29 is 23.0 Å². The van der Waals surface area contributed by atoms with Gasteiger partial charge in [0.25, 0.3) is 0 Å². The van der Waals surface area contributed by atoms with Crippen molar-refractivity contribution >= 4 is 27.5 Å². The topological polar surface area (TPSA) is 86.6 Å². The van der Waals surface area contributed by atoms with E-state index in [1.165, 1.54) is 38.5 Å². The zero-order chi connectivity index (χ0) is 30.1. The summed E-state index contributed by atoms with van der Waals surface area (Å²) in [6.45, 7) is 10.3. The first-order valence-electron chi connectivity index (χ1n) is 14.4. The Bertz CT molecular complexity index is 1580. The van der Waals surface area contributed by atoms with Crippen LogP contribution < -0.4 is 15.0 Å². The fraction of sp³-hybridized carbons (Fsp3) is 0.452. The summed E-state index contributed by atoms with van der Waals surface area (Å²) in [5.41, 5.74) is -0.387. The minimum atomic E-state index is -1.15. The maximum Gasteiger partial charge on any atom is 0.318 e. The van der Waals surface area contributed by atoms with Crippen molar-refractivity contribution in [3.8, 4) is 23.0 Å². The molecule has 0 aliphatic carbocycles. The average molecular weight is 583 g/mol. The lowest BCUT2D eigenvalue weighted by molar-refractivity contribution is 0.149. The van der Waals surface area contributed by atoms with Crippen LogP contribution in [-0.2, 0) is 0 Å². The van der Waals surface area contributed by atoms with Gasteiger partial charge in [0, 0.05) is 55.4 Å². The summed E-state index contributed by atoms with van der Waals surface area (Å²) >= 11 is 0. The van der Waals surface area contributed by atoms with Gasteiger partial charge in [-0.2, -0.15) is 9.97 Å². The van der Waals surface area contributed by atoms with Crippen LogP contribution in [0, 0.1) is 23.4 Å². The number of halogens is 3. The van der Waals surface area contributed by atoms with Crippen LogP contribution in [0.15, 0.2) is 30.5 Å². The van der Waals surface area contributed by atoms with Gasteiger partial charge >= 0.3 is 6.01 Å². The highest BCUT2D eigenvalue weighted by Gasteiger charge is 2.34. The zero-order valence-electron chi connectivity index (χ0n) is 24.6. The molecule has 3 saturated heterocycles. The first-order chi connectivity index (χ1) is 20.2. The molecule has 8 nitrogen and oxygen atoms in total. The second-order valence-electron chi connectivity index (χ2n) is 11.0. The standard InChI is InChI=1S/C24H20F3N5O2.C5H11N.C2H6/c1-34-24-30-22-16(23(31-24)32-9-12-3-4-13(10-32)29-12)8-28-21(20(22)27)15-7-14(33)6-11-2-5-17(25)19(26)18(11)15;1-5-3-6(2)4-5;1-2/h2,5-8,12-13,29,33H,3-4,9-10H2,1H3;5H,3-4H2,1-2H3;1-2H3. The molecule has 0 amide bonds. The van der Waals surface area contributed by atoms with Gasteiger partial charge in [0.05, 0.1) is 12.5 Å². The number of fused-ring (bicyclic) bond motifs is 4. The lowest BCUT2D eigenvalue weighted by Crippen LogP contribution is -2.51. The van der Waals surface area contributed by atoms with Gasteiger partial charge in [0.15, 0.2) is 17.5 Å². The van der Waals surface area contributed by atoms with Gasteiger partial charge in [-0.05, 0) is 49.4 Å². The molecule has 0 saturated carbocycles. The first-order valence-corrected chi connectivity index (χ1v) is 14.4. The number of rotatable bonds is 3. The van der Waals surface area contributed by atoms with E-state index in [0.29, 0.717) is 36.4 Å². The number of nitrogens with zero attached hydrogens (tertiary/aromatic N) is 5. The van der Waals surface area contributed by atoms with E-state index < -0.39 is 17.5 Å². The lowest BCUT2D eigenvalue weighted by atomic mass is 9.99. The molecule has 42 heavy (non-hydrogen) atoms. The number of pyridine rings is 1. The predicted molar refractivity (Wildman–Crippen MR) is 159 cm³/mol. The molecule has 3 aliphatic heterocycles. The average Bonchev–Trinajstić information content (AvgIpc) is 3.32. The van der Waals surface area contributed by atoms with Crippen LogP contribution >= 0.6 is 0 Å². The van der Waals surface area contributed by atoms with E-state index in [2.05, 4.69) is 44.0 Å². The smallest absolute Gasteiger partial charge is 0.318 e. The third kappa shape index (κ3) is 5.67. The molecule has 2 N–H and O–H groups in total. The number of piperazine rings is 1. The SMILES string of the molecule is CC.CC1CN(C)C1.COc1nc(N2CC3CCC(C2)N3)c2cnc(-c3cc(O)cc4ccc(F)c(F)c34)c(F)c2n1. The molecule has 0 radical (unpaired) electrons. The van der Waals surface area contributed by atoms with Crippen molar-refractivity contribution in [3.63, 3.8) is 0 Å². The summed E-state index contributed by atoms with van der Waals surface area (Å²) in [4.78, 5) is 17.4. The Balaban J connectivity index is 0.000000388. The number of phenols is 1. The van der Waals surface area contributed by atoms with Gasteiger partial charge in [-0.15, -0.1) is 0 Å². The third-order valence-corrected chi connectivity index (χ3v) is 7.84. The van der Waals surface area contributed by atoms with Gasteiger partial charge in [-0.3, -0.25) is 4.98 Å². The van der Waals surface area contributed by atoms with E-state index in [-0.39, 0.29) is 39.3 Å². The monoisotopic (exact) mass is 582 g/mol. The number of nitrogens with one attached hydrogen (secondary N) is 1. The Morgan fingerprint density at radius 2 is 1.67 bits per heavy atom. The highest BCUT2D eigenvalue weighted by molar-refractivity contribution is 6.00. The molecule has 4 aromatic rings. The minimum absolute atomic E-state index is 0.0116. The Hall–Kier alpha value is -3.70. The van der Waals surface area contributed by atoms with Crippen LogP contribution in [0.5, 0.6) is 11.8 Å². The Labute approximate surface area is 243 Å². The van der Waals surface area contributed by atoms with Crippen LogP contribution in [0.3, 0.4) is 0 Å². The number of aromatic hydroxyl groups is 1. The minimum Gasteiger partial charge on any atom is -0.508 e. The molecular weight excluding hydrogens is 545 g/mol. The number of benzene rings is 2. The molecule has 11 heteroatoms. The van der Waals surface area contributed by atoms with Gasteiger partial charge < -0.3 is 25.0 Å². The summed E-state index contributed by atoms with van der Waals surface area (Å²) in [5, 5.41) is 14.1. The van der Waals surface area contributed by atoms with E-state index in [4.69, 9.17) is 4.74 Å². The number of anilines is 1. The fourth-order valence-corrected chi connectivity index (χ4v) is 6.09. The summed E-state index contributed by atoms with van der Waals surface area (Å²) < 4.78 is 50.0. The maximum absolute atomic E-state index is 15.9. The Morgan fingerprint density at radius 1 is 0.976 bits per heavy atom. The van der Waals surface area contributed by atoms with E-state index in [1.54, 1.807) is 0 Å². The Morgan fingerprint density at radius 3 is 2.26 bits per heavy atom. The molecule has 3 aliphatic rings. The second-order valence-corrected chi connectivity index (χ2v) is 11.0. The number of methoxy groups -OCH3 is 1. The van der Waals surface area contributed by atoms with Gasteiger partial charge in [0.2, 0.25) is 0 Å². The molecule has 2 aromatic heterocycles. The maximum atomic E-state index is 15.9. The van der Waals surface area contributed by atoms with Gasteiger partial charge in [-0.1, -0.05) is 26.8 Å². The highest BCUT2D eigenvalue weighted by Crippen LogP contribution is 2.38. The van der Waals surface area contributed by atoms with Gasteiger partial charge in [-0.25, -0.2) is 13.2 Å². The van der Waals surface area contributed by atoms with Gasteiger partial charge in [0.1, 0.15) is 22.8 Å². The summed E-state index contributed by atoms with van der Waals surface area (Å²) in [6, 6.07) is 5.35. The molecule has 2 unspecified atom stereocenters. The molecule has 224 valence electrons. The molecule has 3 fully saturated rings. The zero-order valence-corrected chi connectivity index (χ0v) is 24.6. The second kappa shape index (κ2) is 12.3. The van der Waals surface area contributed by atoms with Crippen molar-refractivity contribution in [1.82, 2.24) is 25.2 Å². The Kier molecular flexibility index (Phi) is 8.70. The van der Waals surface area contributed by atoms with Crippen molar-refractivity contribution in [3.05, 3.63) is 47.9 Å². The summed E-state index contributed by atoms with van der Waals surface area (Å²) in [7, 11) is 3.55. The van der Waals surface area contributed by atoms with Crippen molar-refractivity contribution in [2.45, 2.75) is 45.7 Å². The largest absolute Gasteiger partial charge is 0.508 e. The number of hydrogen-bond acceptors (Lipinski definition) is 8. The molecule has 2 bridgehead atoms. The van der Waals surface area contributed by atoms with Crippen molar-refractivity contribution in [2.75, 3.05) is 45.2 Å². The van der Waals surface area contributed by atoms with Crippen LogP contribution in [0.1, 0.15) is 33.6 Å². The van der Waals surface area contributed by atoms with Crippen molar-refractivity contribution in [2.24, 2.45) is 5.92 Å². The predicted octanol–water partition coefficient (Wildman–Crippen LogP) is 5.51. The number of phenolic OH excluding ortho intramolecular Hbond substituents is 1. The van der Waals surface area contributed by atoms with E-state index in [1.807, 2.05) is 13.8 Å². The number of aromatic nitrogens is 3. The quantitative estimate of drug-likeness (QED) is 0.327. The van der Waals surface area contributed by atoms with Crippen LogP contribution in [0.4, 0.5) is 19.0 Å². The molecule has 2 aromatic carbocycles. The van der Waals surface area contributed by atoms with E-state index in [9.17, 15) is 13.9 Å². The number of likely N-dealkylation sites (tertiary alicyclic amines) is 1. The summed E-state index contributed by atoms with van der Waals surface area (Å²) in [5.74, 6) is -1.82. The van der Waals surface area contributed by atoms with Crippen LogP contribution in [0.25, 0.3) is 32.9 Å². The highest BCUT2D eigenvalue weighted by atomic mass is 19.2.